The molecule has 1 aliphatic carbocycles. The highest BCUT2D eigenvalue weighted by Gasteiger charge is 2.24. The van der Waals surface area contributed by atoms with Crippen LogP contribution in [0.4, 0.5) is 4.39 Å². The zero-order valence-electron chi connectivity index (χ0n) is 10.3. The Morgan fingerprint density at radius 2 is 2.47 bits per heavy atom. The zero-order valence-corrected chi connectivity index (χ0v) is 11.1. The van der Waals surface area contributed by atoms with Crippen LogP contribution in [0.3, 0.4) is 0 Å². The molecule has 0 spiro atoms. The Balaban J connectivity index is 2.64. The van der Waals surface area contributed by atoms with Crippen molar-refractivity contribution in [2.24, 2.45) is 5.92 Å². The number of ether oxygens (including phenoxy) is 1. The summed E-state index contributed by atoms with van der Waals surface area (Å²) in [4.78, 5) is 0. The SMILES string of the molecule is CCOC(=N)C(CCCCl)C1=CCC(F)CC1. The predicted molar refractivity (Wildman–Crippen MR) is 69.6 cm³/mol. The number of alkyl halides is 2. The van der Waals surface area contributed by atoms with E-state index in [0.29, 0.717) is 31.2 Å². The fourth-order valence-corrected chi connectivity index (χ4v) is 2.32. The van der Waals surface area contributed by atoms with Gasteiger partial charge in [-0.2, -0.15) is 0 Å². The normalized spacial score (nSPS) is 21.8. The van der Waals surface area contributed by atoms with E-state index >= 15 is 0 Å². The predicted octanol–water partition coefficient (Wildman–Crippen LogP) is 4.08. The molecular weight excluding hydrogens is 241 g/mol. The van der Waals surface area contributed by atoms with Gasteiger partial charge >= 0.3 is 0 Å². The molecule has 0 aromatic heterocycles. The lowest BCUT2D eigenvalue weighted by atomic mass is 9.85. The van der Waals surface area contributed by atoms with Gasteiger partial charge in [-0.25, -0.2) is 4.39 Å². The Morgan fingerprint density at radius 1 is 1.71 bits per heavy atom. The van der Waals surface area contributed by atoms with Crippen molar-refractivity contribution in [1.29, 1.82) is 5.41 Å². The van der Waals surface area contributed by atoms with E-state index in [4.69, 9.17) is 21.7 Å². The summed E-state index contributed by atoms with van der Waals surface area (Å²) in [5.74, 6) is 0.900. The molecule has 0 heterocycles. The van der Waals surface area contributed by atoms with E-state index in [1.807, 2.05) is 13.0 Å². The Labute approximate surface area is 108 Å². The largest absolute Gasteiger partial charge is 0.481 e. The molecule has 0 aromatic rings. The number of rotatable bonds is 6. The minimum absolute atomic E-state index is 0.00111. The van der Waals surface area contributed by atoms with Gasteiger partial charge in [-0.1, -0.05) is 11.6 Å². The summed E-state index contributed by atoms with van der Waals surface area (Å²) < 4.78 is 18.4. The first-order valence-corrected chi connectivity index (χ1v) is 6.82. The van der Waals surface area contributed by atoms with Gasteiger partial charge in [0.2, 0.25) is 0 Å². The van der Waals surface area contributed by atoms with E-state index < -0.39 is 6.17 Å². The smallest absolute Gasteiger partial charge is 0.187 e. The van der Waals surface area contributed by atoms with Crippen LogP contribution < -0.4 is 0 Å². The fourth-order valence-electron chi connectivity index (χ4n) is 2.16. The first kappa shape index (κ1) is 14.5. The topological polar surface area (TPSA) is 33.1 Å². The summed E-state index contributed by atoms with van der Waals surface area (Å²) in [7, 11) is 0. The third-order valence-electron chi connectivity index (χ3n) is 3.07. The third-order valence-corrected chi connectivity index (χ3v) is 3.34. The summed E-state index contributed by atoms with van der Waals surface area (Å²) in [5.41, 5.74) is 1.16. The molecule has 2 atom stereocenters. The van der Waals surface area contributed by atoms with Crippen LogP contribution in [-0.2, 0) is 4.74 Å². The molecule has 1 aliphatic rings. The molecule has 98 valence electrons. The lowest BCUT2D eigenvalue weighted by Crippen LogP contribution is -2.22. The molecule has 2 nitrogen and oxygen atoms in total. The molecule has 0 radical (unpaired) electrons. The van der Waals surface area contributed by atoms with E-state index in [0.717, 1.165) is 24.8 Å². The molecule has 0 aromatic carbocycles. The quantitative estimate of drug-likeness (QED) is 0.332. The Hall–Kier alpha value is -0.570. The monoisotopic (exact) mass is 261 g/mol. The Morgan fingerprint density at radius 3 is 3.00 bits per heavy atom. The maximum absolute atomic E-state index is 13.1. The van der Waals surface area contributed by atoms with Crippen LogP contribution in [0, 0.1) is 11.3 Å². The maximum atomic E-state index is 13.1. The van der Waals surface area contributed by atoms with Gasteiger partial charge in [0.1, 0.15) is 6.17 Å². The van der Waals surface area contributed by atoms with Crippen molar-refractivity contribution in [2.75, 3.05) is 12.5 Å². The van der Waals surface area contributed by atoms with Crippen LogP contribution >= 0.6 is 11.6 Å². The molecule has 2 unspecified atom stereocenters. The highest BCUT2D eigenvalue weighted by Crippen LogP contribution is 2.30. The van der Waals surface area contributed by atoms with E-state index in [-0.39, 0.29) is 5.92 Å². The van der Waals surface area contributed by atoms with Crippen molar-refractivity contribution in [3.8, 4) is 0 Å². The number of halogens is 2. The second kappa shape index (κ2) is 7.70. The van der Waals surface area contributed by atoms with Crippen molar-refractivity contribution >= 4 is 17.5 Å². The van der Waals surface area contributed by atoms with Crippen molar-refractivity contribution in [3.05, 3.63) is 11.6 Å². The molecule has 1 rings (SSSR count). The van der Waals surface area contributed by atoms with Crippen molar-refractivity contribution in [3.63, 3.8) is 0 Å². The molecular formula is C13H21ClFNO. The summed E-state index contributed by atoms with van der Waals surface area (Å²) in [6.45, 7) is 2.38. The maximum Gasteiger partial charge on any atom is 0.187 e. The minimum atomic E-state index is -0.714. The van der Waals surface area contributed by atoms with Crippen LogP contribution in [0.1, 0.15) is 39.0 Å². The average Bonchev–Trinajstić information content (AvgIpc) is 2.32. The van der Waals surface area contributed by atoms with Crippen LogP contribution in [0.15, 0.2) is 11.6 Å². The molecule has 0 fully saturated rings. The van der Waals surface area contributed by atoms with Gasteiger partial charge in [-0.05, 0) is 39.0 Å². The third kappa shape index (κ3) is 4.66. The first-order chi connectivity index (χ1) is 8.19. The van der Waals surface area contributed by atoms with Gasteiger partial charge < -0.3 is 4.74 Å². The van der Waals surface area contributed by atoms with Gasteiger partial charge in [0, 0.05) is 5.88 Å². The molecule has 0 aliphatic heterocycles. The minimum Gasteiger partial charge on any atom is -0.481 e. The van der Waals surface area contributed by atoms with Crippen molar-refractivity contribution in [1.82, 2.24) is 0 Å². The lowest BCUT2D eigenvalue weighted by molar-refractivity contribution is 0.284. The second-order valence-electron chi connectivity index (χ2n) is 4.33. The van der Waals surface area contributed by atoms with Gasteiger partial charge in [-0.15, -0.1) is 11.6 Å². The van der Waals surface area contributed by atoms with E-state index in [1.54, 1.807) is 0 Å². The van der Waals surface area contributed by atoms with Crippen LogP contribution in [0.2, 0.25) is 0 Å². The molecule has 0 bridgehead atoms. The zero-order chi connectivity index (χ0) is 12.7. The van der Waals surface area contributed by atoms with Gasteiger partial charge in [0.25, 0.3) is 0 Å². The molecule has 0 saturated carbocycles. The van der Waals surface area contributed by atoms with Crippen LogP contribution in [-0.4, -0.2) is 24.6 Å². The van der Waals surface area contributed by atoms with Gasteiger partial charge in [0.15, 0.2) is 5.90 Å². The summed E-state index contributed by atoms with van der Waals surface area (Å²) in [6, 6.07) is 0. The van der Waals surface area contributed by atoms with E-state index in [1.165, 1.54) is 0 Å². The van der Waals surface area contributed by atoms with Crippen LogP contribution in [0.25, 0.3) is 0 Å². The van der Waals surface area contributed by atoms with Gasteiger partial charge in [0.05, 0.1) is 12.5 Å². The number of hydrogen-bond donors (Lipinski definition) is 1. The molecule has 0 saturated heterocycles. The average molecular weight is 262 g/mol. The number of allylic oxidation sites excluding steroid dienone is 1. The molecule has 0 amide bonds. The fraction of sp³-hybridized carbons (Fsp3) is 0.769. The molecule has 1 N–H and O–H groups in total. The van der Waals surface area contributed by atoms with Crippen molar-refractivity contribution in [2.45, 2.75) is 45.2 Å². The standard InChI is InChI=1S/C13H21ClFNO/c1-2-17-13(16)12(4-3-9-14)10-5-7-11(15)8-6-10/h5,11-12,16H,2-4,6-9H2,1H3. The number of hydrogen-bond acceptors (Lipinski definition) is 2. The van der Waals surface area contributed by atoms with E-state index in [9.17, 15) is 4.39 Å². The molecule has 17 heavy (non-hydrogen) atoms. The second-order valence-corrected chi connectivity index (χ2v) is 4.71. The summed E-state index contributed by atoms with van der Waals surface area (Å²) in [5, 5.41) is 7.91. The van der Waals surface area contributed by atoms with Crippen LogP contribution in [0.5, 0.6) is 0 Å². The Kier molecular flexibility index (Phi) is 6.56. The number of nitrogens with one attached hydrogen (secondary N) is 1. The molecule has 4 heteroatoms. The Bertz CT molecular complexity index is 281. The lowest BCUT2D eigenvalue weighted by Gasteiger charge is -2.24. The highest BCUT2D eigenvalue weighted by atomic mass is 35.5. The van der Waals surface area contributed by atoms with Crippen molar-refractivity contribution < 1.29 is 9.13 Å². The summed E-state index contributed by atoms with van der Waals surface area (Å²) >= 11 is 5.70. The summed E-state index contributed by atoms with van der Waals surface area (Å²) in [6.07, 6.45) is 4.70. The first-order valence-electron chi connectivity index (χ1n) is 6.29. The van der Waals surface area contributed by atoms with E-state index in [2.05, 4.69) is 0 Å². The highest BCUT2D eigenvalue weighted by molar-refractivity contribution is 6.17. The van der Waals surface area contributed by atoms with Gasteiger partial charge in [-0.3, -0.25) is 5.41 Å².